The highest BCUT2D eigenvalue weighted by atomic mass is 32.2. The van der Waals surface area contributed by atoms with E-state index in [0.29, 0.717) is 18.2 Å². The molecule has 2 aliphatic rings. The summed E-state index contributed by atoms with van der Waals surface area (Å²) in [6.07, 6.45) is 1.57. The molecule has 0 bridgehead atoms. The number of nitrogens with two attached hydrogens (primary N) is 2. The summed E-state index contributed by atoms with van der Waals surface area (Å²) >= 11 is 3.20. The van der Waals surface area contributed by atoms with Crippen molar-refractivity contribution in [3.63, 3.8) is 0 Å². The van der Waals surface area contributed by atoms with Gasteiger partial charge >= 0.3 is 11.9 Å². The molecule has 0 radical (unpaired) electrons. The lowest BCUT2D eigenvalue weighted by molar-refractivity contribution is -0.157. The molecule has 4 heterocycles. The Labute approximate surface area is 238 Å². The number of aryl methyl sites for hydroxylation is 1. The van der Waals surface area contributed by atoms with Crippen molar-refractivity contribution in [1.82, 2.24) is 39.8 Å². The molecule has 7 N–H and O–H groups in total. The quantitative estimate of drug-likeness (QED) is 0.0501. The molecule has 0 aliphatic carbocycles. The highest BCUT2D eigenvalue weighted by Gasteiger charge is 2.57. The fourth-order valence-corrected chi connectivity index (χ4v) is 7.03. The van der Waals surface area contributed by atoms with Crippen LogP contribution >= 0.6 is 35.1 Å². The van der Waals surface area contributed by atoms with Crippen LogP contribution in [0.3, 0.4) is 0 Å². The molecule has 2 unspecified atom stereocenters. The van der Waals surface area contributed by atoms with Gasteiger partial charge in [-0.2, -0.15) is 9.36 Å². The number of hydrogen-bond donors (Lipinski definition) is 5. The van der Waals surface area contributed by atoms with Crippen LogP contribution in [0.1, 0.15) is 18.7 Å². The maximum absolute atomic E-state index is 13.0. The number of aliphatic carboxylic acids is 2. The van der Waals surface area contributed by atoms with Crippen molar-refractivity contribution >= 4 is 69.7 Å². The summed E-state index contributed by atoms with van der Waals surface area (Å²) in [7, 11) is 0. The third-order valence-corrected chi connectivity index (χ3v) is 9.28. The van der Waals surface area contributed by atoms with E-state index in [9.17, 15) is 24.3 Å². The number of anilines is 1. The van der Waals surface area contributed by atoms with E-state index in [0.717, 1.165) is 24.4 Å². The van der Waals surface area contributed by atoms with E-state index in [1.807, 2.05) is 0 Å². The molecule has 2 amide bonds. The second-order valence-electron chi connectivity index (χ2n) is 8.74. The summed E-state index contributed by atoms with van der Waals surface area (Å²) in [5, 5.41) is 36.5. The molecule has 40 heavy (non-hydrogen) atoms. The monoisotopic (exact) mass is 615 g/mol. The van der Waals surface area contributed by atoms with Gasteiger partial charge in [0.15, 0.2) is 5.13 Å². The van der Waals surface area contributed by atoms with E-state index in [2.05, 4.69) is 40.2 Å². The van der Waals surface area contributed by atoms with Gasteiger partial charge in [-0.1, -0.05) is 16.9 Å². The number of nitrogens with one attached hydrogen (secondary N) is 1. The SMILES string of the molecule is NCCCCn1nnnc1SCC1(C(=O)O)CS[C@@H]2C(NC(=O)C(=NOCC(=O)O)c3nsc(N)n3)C(=O)N2C1. The van der Waals surface area contributed by atoms with Gasteiger partial charge < -0.3 is 36.7 Å². The molecule has 3 atom stereocenters. The van der Waals surface area contributed by atoms with Crippen molar-refractivity contribution in [2.45, 2.75) is 36.0 Å². The van der Waals surface area contributed by atoms with Gasteiger partial charge in [0.25, 0.3) is 5.91 Å². The number of nitrogens with zero attached hydrogens (tertiary/aromatic N) is 8. The fourth-order valence-electron chi connectivity index (χ4n) is 3.83. The standard InChI is InChI=1S/C19H25N11O7S3/c20-3-1-2-4-30-18(24-27-28-30)39-8-19(16(35)36)6-29-14(34)11(15(29)38-7-19)22-13(33)10(25-37-5-9(31)32)12-23-17(21)40-26-12/h11,15H,1-8,20H2,(H,22,33)(H,31,32)(H,35,36)(H2,21,23,26)/t11?,15-,19?/m1/s1. The Morgan fingerprint density at radius 1 is 1.30 bits per heavy atom. The highest BCUT2D eigenvalue weighted by molar-refractivity contribution is 8.00. The number of hydrogen-bond acceptors (Lipinski definition) is 16. The minimum Gasteiger partial charge on any atom is -0.481 e. The van der Waals surface area contributed by atoms with Crippen LogP contribution in [0.4, 0.5) is 5.13 Å². The van der Waals surface area contributed by atoms with Gasteiger partial charge in [-0.05, 0) is 29.8 Å². The number of rotatable bonds is 14. The molecule has 216 valence electrons. The zero-order valence-electron chi connectivity index (χ0n) is 20.7. The van der Waals surface area contributed by atoms with Gasteiger partial charge in [-0.3, -0.25) is 14.4 Å². The summed E-state index contributed by atoms with van der Waals surface area (Å²) in [6.45, 7) is 0.199. The number of carbonyl (C=O) groups is 4. The van der Waals surface area contributed by atoms with Crippen LogP contribution in [-0.2, 0) is 30.6 Å². The number of nitrogen functional groups attached to an aromatic ring is 1. The summed E-state index contributed by atoms with van der Waals surface area (Å²) in [5.41, 5.74) is 9.38. The Morgan fingerprint density at radius 2 is 2.10 bits per heavy atom. The zero-order valence-corrected chi connectivity index (χ0v) is 23.2. The number of thioether (sulfide) groups is 2. The van der Waals surface area contributed by atoms with Gasteiger partial charge in [0.2, 0.25) is 29.2 Å². The van der Waals surface area contributed by atoms with E-state index in [-0.39, 0.29) is 29.0 Å². The topological polar surface area (TPSA) is 267 Å². The number of β-lactam (4-membered cyclic amide) rings is 1. The van der Waals surface area contributed by atoms with E-state index >= 15 is 0 Å². The molecule has 18 nitrogen and oxygen atoms in total. The van der Waals surface area contributed by atoms with E-state index in [1.54, 1.807) is 4.68 Å². The Morgan fingerprint density at radius 3 is 2.77 bits per heavy atom. The molecule has 2 fully saturated rings. The Kier molecular flexibility index (Phi) is 9.37. The number of amides is 2. The Hall–Kier alpha value is -3.56. The van der Waals surface area contributed by atoms with Crippen molar-refractivity contribution in [3.8, 4) is 0 Å². The van der Waals surface area contributed by atoms with Crippen LogP contribution in [0.5, 0.6) is 0 Å². The minimum absolute atomic E-state index is 0.0370. The lowest BCUT2D eigenvalue weighted by Gasteiger charge is -2.53. The maximum atomic E-state index is 13.0. The number of tetrazole rings is 1. The predicted molar refractivity (Wildman–Crippen MR) is 141 cm³/mol. The van der Waals surface area contributed by atoms with Gasteiger partial charge in [-0.25, -0.2) is 9.48 Å². The van der Waals surface area contributed by atoms with Crippen LogP contribution in [0.15, 0.2) is 10.3 Å². The van der Waals surface area contributed by atoms with Gasteiger partial charge in [-0.15, -0.1) is 16.9 Å². The lowest BCUT2D eigenvalue weighted by Crippen LogP contribution is -2.74. The number of oxime groups is 1. The number of carbonyl (C=O) groups excluding carboxylic acids is 2. The molecule has 21 heteroatoms. The first-order valence-corrected chi connectivity index (χ1v) is 14.5. The Bertz CT molecular complexity index is 1300. The van der Waals surface area contributed by atoms with Crippen molar-refractivity contribution in [3.05, 3.63) is 5.82 Å². The molecule has 0 aromatic carbocycles. The predicted octanol–water partition coefficient (Wildman–Crippen LogP) is -2.09. The van der Waals surface area contributed by atoms with Crippen LogP contribution < -0.4 is 16.8 Å². The number of carboxylic acids is 2. The summed E-state index contributed by atoms with van der Waals surface area (Å²) < 4.78 is 5.49. The van der Waals surface area contributed by atoms with Crippen LogP contribution in [0, 0.1) is 5.41 Å². The molecule has 0 saturated carbocycles. The fraction of sp³-hybridized carbons (Fsp3) is 0.579. The second-order valence-corrected chi connectivity index (χ2v) is 11.6. The molecular formula is C19H25N11O7S3. The van der Waals surface area contributed by atoms with Crippen molar-refractivity contribution in [2.75, 3.05) is 36.9 Å². The minimum atomic E-state index is -1.32. The van der Waals surface area contributed by atoms with Crippen LogP contribution in [-0.4, -0.2) is 117 Å². The van der Waals surface area contributed by atoms with E-state index in [4.69, 9.17) is 16.6 Å². The highest BCUT2D eigenvalue weighted by Crippen LogP contribution is 2.44. The zero-order chi connectivity index (χ0) is 28.9. The lowest BCUT2D eigenvalue weighted by atomic mass is 9.89. The van der Waals surface area contributed by atoms with Gasteiger partial charge in [0.1, 0.15) is 16.8 Å². The second kappa shape index (κ2) is 12.7. The largest absolute Gasteiger partial charge is 0.481 e. The van der Waals surface area contributed by atoms with Crippen molar-refractivity contribution < 1.29 is 34.2 Å². The third kappa shape index (κ3) is 6.42. The third-order valence-electron chi connectivity index (χ3n) is 5.90. The number of carboxylic acid groups (broad SMARTS) is 2. The molecule has 0 spiro atoms. The maximum Gasteiger partial charge on any atom is 0.344 e. The van der Waals surface area contributed by atoms with Gasteiger partial charge in [0.05, 0.1) is 0 Å². The first-order chi connectivity index (χ1) is 19.1. The van der Waals surface area contributed by atoms with Crippen molar-refractivity contribution in [2.24, 2.45) is 16.3 Å². The number of fused-ring (bicyclic) bond motifs is 1. The van der Waals surface area contributed by atoms with E-state index in [1.165, 1.54) is 28.4 Å². The first-order valence-electron chi connectivity index (χ1n) is 11.7. The number of unbranched alkanes of at least 4 members (excludes halogenated alkanes) is 1. The molecule has 2 aromatic heterocycles. The van der Waals surface area contributed by atoms with E-state index < -0.39 is 52.9 Å². The van der Waals surface area contributed by atoms with Crippen LogP contribution in [0.25, 0.3) is 0 Å². The summed E-state index contributed by atoms with van der Waals surface area (Å²) in [5.74, 6) is -3.66. The summed E-state index contributed by atoms with van der Waals surface area (Å²) in [6, 6.07) is -0.979. The molecule has 4 rings (SSSR count). The number of aromatic nitrogens is 6. The van der Waals surface area contributed by atoms with Gasteiger partial charge in [0, 0.05) is 36.1 Å². The molecule has 2 saturated heterocycles. The normalized spacial score (nSPS) is 22.4. The average Bonchev–Trinajstić information content (AvgIpc) is 3.56. The molecular weight excluding hydrogens is 590 g/mol. The first kappa shape index (κ1) is 29.4. The smallest absolute Gasteiger partial charge is 0.344 e. The molecule has 2 aliphatic heterocycles. The summed E-state index contributed by atoms with van der Waals surface area (Å²) in [4.78, 5) is 59.0. The van der Waals surface area contributed by atoms with Crippen molar-refractivity contribution in [1.29, 1.82) is 0 Å². The average molecular weight is 616 g/mol. The molecule has 2 aromatic rings. The van der Waals surface area contributed by atoms with Crippen LogP contribution in [0.2, 0.25) is 0 Å². The Balaban J connectivity index is 1.40.